The maximum absolute atomic E-state index is 11.6. The number of nitrogens with two attached hydrogens (primary N) is 1. The Morgan fingerprint density at radius 2 is 2.19 bits per heavy atom. The lowest BCUT2D eigenvalue weighted by Gasteiger charge is -2.18. The zero-order chi connectivity index (χ0) is 12.1. The number of aryl methyl sites for hydroxylation is 1. The number of carbonyl (C=O) groups excluding carboxylic acids is 1. The van der Waals surface area contributed by atoms with Gasteiger partial charge in [-0.2, -0.15) is 5.10 Å². The quantitative estimate of drug-likeness (QED) is 0.785. The number of carbonyl (C=O) groups is 1. The predicted octanol–water partition coefficient (Wildman–Crippen LogP) is 0.554. The molecule has 1 heterocycles. The fourth-order valence-corrected chi connectivity index (χ4v) is 1.42. The van der Waals surface area contributed by atoms with Gasteiger partial charge in [-0.05, 0) is 13.8 Å². The van der Waals surface area contributed by atoms with Gasteiger partial charge < -0.3 is 16.0 Å². The van der Waals surface area contributed by atoms with E-state index >= 15 is 0 Å². The molecule has 6 nitrogen and oxygen atoms in total. The molecule has 0 bridgehead atoms. The topological polar surface area (TPSA) is 76.2 Å². The Hall–Kier alpha value is -1.72. The Bertz CT molecular complexity index is 356. The summed E-state index contributed by atoms with van der Waals surface area (Å²) >= 11 is 0. The van der Waals surface area contributed by atoms with Crippen LogP contribution in [0.2, 0.25) is 0 Å². The largest absolute Gasteiger partial charge is 0.384 e. The smallest absolute Gasteiger partial charge is 0.317 e. The van der Waals surface area contributed by atoms with E-state index in [1.165, 1.54) is 0 Å². The van der Waals surface area contributed by atoms with Gasteiger partial charge in [-0.1, -0.05) is 0 Å². The van der Waals surface area contributed by atoms with Crippen molar-refractivity contribution in [3.05, 3.63) is 11.8 Å². The van der Waals surface area contributed by atoms with Crippen LogP contribution < -0.4 is 11.1 Å². The highest BCUT2D eigenvalue weighted by Crippen LogP contribution is 2.08. The molecule has 0 saturated carbocycles. The lowest BCUT2D eigenvalue weighted by Crippen LogP contribution is -2.39. The molecule has 0 atom stereocenters. The number of nitrogen functional groups attached to an aromatic ring is 1. The summed E-state index contributed by atoms with van der Waals surface area (Å²) in [6, 6.07) is -0.0757. The molecule has 16 heavy (non-hydrogen) atoms. The van der Waals surface area contributed by atoms with E-state index in [1.54, 1.807) is 22.8 Å². The summed E-state index contributed by atoms with van der Waals surface area (Å²) in [6.07, 6.45) is 1.66. The Labute approximate surface area is 95.4 Å². The van der Waals surface area contributed by atoms with E-state index < -0.39 is 0 Å². The molecule has 90 valence electrons. The van der Waals surface area contributed by atoms with Crippen molar-refractivity contribution in [2.24, 2.45) is 7.05 Å². The normalized spacial score (nSPS) is 10.2. The average Bonchev–Trinajstić information content (AvgIpc) is 2.59. The van der Waals surface area contributed by atoms with Crippen molar-refractivity contribution in [2.45, 2.75) is 20.4 Å². The van der Waals surface area contributed by atoms with Gasteiger partial charge >= 0.3 is 6.03 Å². The van der Waals surface area contributed by atoms with Crippen molar-refractivity contribution in [1.82, 2.24) is 20.0 Å². The molecule has 0 fully saturated rings. The molecule has 0 aliphatic heterocycles. The molecule has 0 spiro atoms. The number of nitrogens with zero attached hydrogens (tertiary/aromatic N) is 3. The molecule has 0 radical (unpaired) electrons. The van der Waals surface area contributed by atoms with Crippen molar-refractivity contribution in [3.63, 3.8) is 0 Å². The van der Waals surface area contributed by atoms with Gasteiger partial charge in [0.1, 0.15) is 5.82 Å². The summed E-state index contributed by atoms with van der Waals surface area (Å²) in [5.74, 6) is 0.583. The van der Waals surface area contributed by atoms with Gasteiger partial charge in [0.15, 0.2) is 0 Å². The van der Waals surface area contributed by atoms with Crippen LogP contribution >= 0.6 is 0 Å². The summed E-state index contributed by atoms with van der Waals surface area (Å²) in [5.41, 5.74) is 6.60. The second-order valence-corrected chi connectivity index (χ2v) is 3.51. The SMILES string of the molecule is CCN(CC)C(=O)NCc1cnn(C)c1N. The van der Waals surface area contributed by atoms with E-state index in [0.717, 1.165) is 5.56 Å². The highest BCUT2D eigenvalue weighted by atomic mass is 16.2. The van der Waals surface area contributed by atoms with Gasteiger partial charge in [0.25, 0.3) is 0 Å². The first-order valence-corrected chi connectivity index (χ1v) is 5.39. The Morgan fingerprint density at radius 1 is 1.56 bits per heavy atom. The van der Waals surface area contributed by atoms with Gasteiger partial charge in [-0.15, -0.1) is 0 Å². The standard InChI is InChI=1S/C10H19N5O/c1-4-15(5-2)10(16)12-6-8-7-13-14(3)9(8)11/h7H,4-6,11H2,1-3H3,(H,12,16). The van der Waals surface area contributed by atoms with Crippen LogP contribution in [0.4, 0.5) is 10.6 Å². The van der Waals surface area contributed by atoms with Crippen LogP contribution in [0.3, 0.4) is 0 Å². The summed E-state index contributed by atoms with van der Waals surface area (Å²) in [7, 11) is 1.77. The van der Waals surface area contributed by atoms with Crippen molar-refractivity contribution in [1.29, 1.82) is 0 Å². The lowest BCUT2D eigenvalue weighted by molar-refractivity contribution is 0.203. The molecule has 1 aromatic rings. The summed E-state index contributed by atoms with van der Waals surface area (Å²) in [5, 5.41) is 6.81. The highest BCUT2D eigenvalue weighted by molar-refractivity contribution is 5.74. The molecular formula is C10H19N5O. The molecule has 0 unspecified atom stereocenters. The van der Waals surface area contributed by atoms with Crippen LogP contribution in [-0.2, 0) is 13.6 Å². The monoisotopic (exact) mass is 225 g/mol. The minimum absolute atomic E-state index is 0.0757. The minimum Gasteiger partial charge on any atom is -0.384 e. The van der Waals surface area contributed by atoms with E-state index in [-0.39, 0.29) is 6.03 Å². The van der Waals surface area contributed by atoms with Crippen molar-refractivity contribution >= 4 is 11.8 Å². The number of hydrogen-bond acceptors (Lipinski definition) is 3. The number of hydrogen-bond donors (Lipinski definition) is 2. The molecular weight excluding hydrogens is 206 g/mol. The van der Waals surface area contributed by atoms with Crippen LogP contribution in [0, 0.1) is 0 Å². The molecule has 1 rings (SSSR count). The number of nitrogens with one attached hydrogen (secondary N) is 1. The zero-order valence-electron chi connectivity index (χ0n) is 10.0. The Kier molecular flexibility index (Phi) is 4.16. The van der Waals surface area contributed by atoms with Crippen LogP contribution in [0.5, 0.6) is 0 Å². The van der Waals surface area contributed by atoms with E-state index in [1.807, 2.05) is 13.8 Å². The first-order chi connectivity index (χ1) is 7.60. The first-order valence-electron chi connectivity index (χ1n) is 5.39. The Morgan fingerprint density at radius 3 is 2.62 bits per heavy atom. The third-order valence-electron chi connectivity index (χ3n) is 2.55. The molecule has 0 aliphatic rings. The Balaban J connectivity index is 2.52. The number of aromatic nitrogens is 2. The first kappa shape index (κ1) is 12.4. The number of urea groups is 1. The van der Waals surface area contributed by atoms with E-state index in [2.05, 4.69) is 10.4 Å². The lowest BCUT2D eigenvalue weighted by atomic mass is 10.3. The van der Waals surface area contributed by atoms with Crippen LogP contribution in [0.1, 0.15) is 19.4 Å². The zero-order valence-corrected chi connectivity index (χ0v) is 10.0. The average molecular weight is 225 g/mol. The minimum atomic E-state index is -0.0757. The molecule has 0 saturated heterocycles. The van der Waals surface area contributed by atoms with Crippen molar-refractivity contribution < 1.29 is 4.79 Å². The fourth-order valence-electron chi connectivity index (χ4n) is 1.42. The second-order valence-electron chi connectivity index (χ2n) is 3.51. The maximum atomic E-state index is 11.6. The number of anilines is 1. The summed E-state index contributed by atoms with van der Waals surface area (Å²) in [4.78, 5) is 13.4. The van der Waals surface area contributed by atoms with Crippen LogP contribution in [-0.4, -0.2) is 33.8 Å². The van der Waals surface area contributed by atoms with Gasteiger partial charge in [-0.25, -0.2) is 4.79 Å². The third kappa shape index (κ3) is 2.65. The molecule has 2 amide bonds. The number of amides is 2. The van der Waals surface area contributed by atoms with Crippen molar-refractivity contribution in [2.75, 3.05) is 18.8 Å². The van der Waals surface area contributed by atoms with Gasteiger partial charge in [0, 0.05) is 32.2 Å². The van der Waals surface area contributed by atoms with Gasteiger partial charge in [0.2, 0.25) is 0 Å². The highest BCUT2D eigenvalue weighted by Gasteiger charge is 2.10. The second kappa shape index (κ2) is 5.39. The summed E-state index contributed by atoms with van der Waals surface area (Å²) in [6.45, 7) is 5.70. The molecule has 1 aromatic heterocycles. The van der Waals surface area contributed by atoms with Crippen LogP contribution in [0.25, 0.3) is 0 Å². The molecule has 0 aliphatic carbocycles. The predicted molar refractivity (Wildman–Crippen MR) is 62.8 cm³/mol. The molecule has 0 aromatic carbocycles. The van der Waals surface area contributed by atoms with E-state index in [9.17, 15) is 4.79 Å². The van der Waals surface area contributed by atoms with Gasteiger partial charge in [0.05, 0.1) is 6.20 Å². The van der Waals surface area contributed by atoms with Crippen molar-refractivity contribution in [3.8, 4) is 0 Å². The summed E-state index contributed by atoms with van der Waals surface area (Å²) < 4.78 is 1.58. The maximum Gasteiger partial charge on any atom is 0.317 e. The van der Waals surface area contributed by atoms with E-state index in [4.69, 9.17) is 5.73 Å². The molecule has 6 heteroatoms. The van der Waals surface area contributed by atoms with E-state index in [0.29, 0.717) is 25.5 Å². The van der Waals surface area contributed by atoms with Crippen LogP contribution in [0.15, 0.2) is 6.20 Å². The van der Waals surface area contributed by atoms with Gasteiger partial charge in [-0.3, -0.25) is 4.68 Å². The third-order valence-corrected chi connectivity index (χ3v) is 2.55. The molecule has 3 N–H and O–H groups in total. The number of rotatable bonds is 4. The fraction of sp³-hybridized carbons (Fsp3) is 0.600.